The quantitative estimate of drug-likeness (QED) is 0.499. The Morgan fingerprint density at radius 2 is 1.84 bits per heavy atom. The summed E-state index contributed by atoms with van der Waals surface area (Å²) in [6, 6.07) is 15.7. The molecule has 0 radical (unpaired) electrons. The normalized spacial score (nSPS) is 10.2. The number of rotatable bonds is 5. The first-order chi connectivity index (χ1) is 9.20. The molecule has 0 amide bonds. The standard InChI is InChI=1S/C15H16N2OS/c1-18-12-6-8-13(9-7-12)19-10-11-4-2-3-5-14(11)15(16)17/h2-9H,10H2,1H3,(H3,16,17). The van der Waals surface area contributed by atoms with Crippen molar-refractivity contribution in [2.45, 2.75) is 10.6 Å². The van der Waals surface area contributed by atoms with Gasteiger partial charge in [-0.25, -0.2) is 0 Å². The average molecular weight is 272 g/mol. The van der Waals surface area contributed by atoms with Crippen LogP contribution in [0.1, 0.15) is 11.1 Å². The molecule has 0 saturated heterocycles. The van der Waals surface area contributed by atoms with Crippen LogP contribution in [0.2, 0.25) is 0 Å². The number of methoxy groups -OCH3 is 1. The Kier molecular flexibility index (Phi) is 4.47. The summed E-state index contributed by atoms with van der Waals surface area (Å²) in [5.41, 5.74) is 7.47. The molecule has 0 aromatic heterocycles. The Labute approximate surface area is 117 Å². The second kappa shape index (κ2) is 6.29. The van der Waals surface area contributed by atoms with Crippen LogP contribution in [0.5, 0.6) is 5.75 Å². The topological polar surface area (TPSA) is 59.1 Å². The lowest BCUT2D eigenvalue weighted by atomic mass is 10.1. The maximum atomic E-state index is 7.56. The molecule has 0 spiro atoms. The molecule has 2 aromatic rings. The van der Waals surface area contributed by atoms with Crippen molar-refractivity contribution in [3.8, 4) is 5.75 Å². The molecule has 0 unspecified atom stereocenters. The van der Waals surface area contributed by atoms with E-state index in [0.29, 0.717) is 0 Å². The summed E-state index contributed by atoms with van der Waals surface area (Å²) in [5, 5.41) is 7.56. The number of nitrogen functional groups attached to an aromatic ring is 1. The van der Waals surface area contributed by atoms with Crippen molar-refractivity contribution in [3.05, 3.63) is 59.7 Å². The third-order valence-electron chi connectivity index (χ3n) is 2.76. The van der Waals surface area contributed by atoms with E-state index in [1.807, 2.05) is 48.5 Å². The van der Waals surface area contributed by atoms with Gasteiger partial charge in [0.05, 0.1) is 7.11 Å². The van der Waals surface area contributed by atoms with E-state index >= 15 is 0 Å². The van der Waals surface area contributed by atoms with Crippen LogP contribution in [-0.2, 0) is 5.75 Å². The fourth-order valence-electron chi connectivity index (χ4n) is 1.74. The molecule has 0 aliphatic rings. The van der Waals surface area contributed by atoms with E-state index in [1.165, 1.54) is 4.90 Å². The van der Waals surface area contributed by atoms with Crippen molar-refractivity contribution in [3.63, 3.8) is 0 Å². The molecular formula is C15H16N2OS. The van der Waals surface area contributed by atoms with E-state index in [4.69, 9.17) is 15.9 Å². The monoisotopic (exact) mass is 272 g/mol. The van der Waals surface area contributed by atoms with E-state index in [-0.39, 0.29) is 5.84 Å². The largest absolute Gasteiger partial charge is 0.497 e. The van der Waals surface area contributed by atoms with E-state index in [2.05, 4.69) is 0 Å². The number of nitrogens with one attached hydrogen (secondary N) is 1. The molecule has 4 heteroatoms. The number of nitrogens with two attached hydrogens (primary N) is 1. The summed E-state index contributed by atoms with van der Waals surface area (Å²) < 4.78 is 5.13. The van der Waals surface area contributed by atoms with Gasteiger partial charge < -0.3 is 10.5 Å². The van der Waals surface area contributed by atoms with Crippen LogP contribution in [0.3, 0.4) is 0 Å². The smallest absolute Gasteiger partial charge is 0.123 e. The SMILES string of the molecule is COc1ccc(SCc2ccccc2C(=N)N)cc1. The van der Waals surface area contributed by atoms with Gasteiger partial charge in [0.25, 0.3) is 0 Å². The van der Waals surface area contributed by atoms with Gasteiger partial charge in [0, 0.05) is 16.2 Å². The molecule has 2 aromatic carbocycles. The average Bonchev–Trinajstić information content (AvgIpc) is 2.46. The molecule has 0 fully saturated rings. The van der Waals surface area contributed by atoms with Gasteiger partial charge >= 0.3 is 0 Å². The van der Waals surface area contributed by atoms with Crippen LogP contribution < -0.4 is 10.5 Å². The van der Waals surface area contributed by atoms with Crippen LogP contribution in [0.4, 0.5) is 0 Å². The predicted molar refractivity (Wildman–Crippen MR) is 80.0 cm³/mol. The van der Waals surface area contributed by atoms with Crippen LogP contribution >= 0.6 is 11.8 Å². The van der Waals surface area contributed by atoms with Crippen molar-refractivity contribution in [1.29, 1.82) is 5.41 Å². The second-order valence-electron chi connectivity index (χ2n) is 4.04. The van der Waals surface area contributed by atoms with Crippen molar-refractivity contribution >= 4 is 17.6 Å². The van der Waals surface area contributed by atoms with Gasteiger partial charge in [-0.3, -0.25) is 5.41 Å². The van der Waals surface area contributed by atoms with Gasteiger partial charge in [-0.05, 0) is 29.8 Å². The van der Waals surface area contributed by atoms with E-state index in [1.54, 1.807) is 18.9 Å². The summed E-state index contributed by atoms with van der Waals surface area (Å²) in [6.45, 7) is 0. The van der Waals surface area contributed by atoms with Crippen LogP contribution in [0.15, 0.2) is 53.4 Å². The summed E-state index contributed by atoms with van der Waals surface area (Å²) in [6.07, 6.45) is 0. The lowest BCUT2D eigenvalue weighted by molar-refractivity contribution is 0.414. The predicted octanol–water partition coefficient (Wildman–Crippen LogP) is 3.27. The van der Waals surface area contributed by atoms with Crippen molar-refractivity contribution in [2.75, 3.05) is 7.11 Å². The molecule has 3 N–H and O–H groups in total. The minimum atomic E-state index is 0.117. The highest BCUT2D eigenvalue weighted by atomic mass is 32.2. The van der Waals surface area contributed by atoms with Gasteiger partial charge in [0.1, 0.15) is 11.6 Å². The molecule has 0 saturated carbocycles. The first-order valence-corrected chi connectivity index (χ1v) is 6.88. The van der Waals surface area contributed by atoms with Crippen molar-refractivity contribution in [1.82, 2.24) is 0 Å². The third-order valence-corrected chi connectivity index (χ3v) is 3.82. The van der Waals surface area contributed by atoms with Gasteiger partial charge in [-0.15, -0.1) is 11.8 Å². The molecule has 3 nitrogen and oxygen atoms in total. The van der Waals surface area contributed by atoms with Crippen LogP contribution in [-0.4, -0.2) is 12.9 Å². The Bertz CT molecular complexity index is 567. The second-order valence-corrected chi connectivity index (χ2v) is 5.08. The number of hydrogen-bond donors (Lipinski definition) is 2. The van der Waals surface area contributed by atoms with Crippen molar-refractivity contribution in [2.24, 2.45) is 5.73 Å². The molecule has 98 valence electrons. The zero-order valence-electron chi connectivity index (χ0n) is 10.7. The van der Waals surface area contributed by atoms with Crippen molar-refractivity contribution < 1.29 is 4.74 Å². The molecule has 0 aliphatic carbocycles. The molecule has 19 heavy (non-hydrogen) atoms. The molecule has 0 heterocycles. The first kappa shape index (κ1) is 13.5. The van der Waals surface area contributed by atoms with E-state index < -0.39 is 0 Å². The lowest BCUT2D eigenvalue weighted by Crippen LogP contribution is -2.13. The fourth-order valence-corrected chi connectivity index (χ4v) is 2.64. The molecule has 0 aliphatic heterocycles. The number of amidine groups is 1. The van der Waals surface area contributed by atoms with Gasteiger partial charge in [0.15, 0.2) is 0 Å². The highest BCUT2D eigenvalue weighted by Gasteiger charge is 2.05. The Balaban J connectivity index is 2.07. The van der Waals surface area contributed by atoms with Crippen LogP contribution in [0.25, 0.3) is 0 Å². The van der Waals surface area contributed by atoms with Crippen LogP contribution in [0, 0.1) is 5.41 Å². The number of ether oxygens (including phenoxy) is 1. The summed E-state index contributed by atoms with van der Waals surface area (Å²) in [4.78, 5) is 1.17. The Morgan fingerprint density at radius 1 is 1.16 bits per heavy atom. The summed E-state index contributed by atoms with van der Waals surface area (Å²) >= 11 is 1.72. The van der Waals surface area contributed by atoms with Gasteiger partial charge in [-0.1, -0.05) is 24.3 Å². The molecule has 0 bridgehead atoms. The molecular weight excluding hydrogens is 256 g/mol. The molecule has 0 atom stereocenters. The third kappa shape index (κ3) is 3.51. The Hall–Kier alpha value is -1.94. The zero-order valence-corrected chi connectivity index (χ0v) is 11.5. The molecule has 2 rings (SSSR count). The van der Waals surface area contributed by atoms with Gasteiger partial charge in [0.2, 0.25) is 0 Å². The van der Waals surface area contributed by atoms with Gasteiger partial charge in [-0.2, -0.15) is 0 Å². The van der Waals surface area contributed by atoms with E-state index in [0.717, 1.165) is 22.6 Å². The highest BCUT2D eigenvalue weighted by Crippen LogP contribution is 2.26. The Morgan fingerprint density at radius 3 is 2.47 bits per heavy atom. The lowest BCUT2D eigenvalue weighted by Gasteiger charge is -2.08. The first-order valence-electron chi connectivity index (χ1n) is 5.90. The number of thioether (sulfide) groups is 1. The zero-order chi connectivity index (χ0) is 13.7. The number of benzene rings is 2. The minimum Gasteiger partial charge on any atom is -0.497 e. The summed E-state index contributed by atoms with van der Waals surface area (Å²) in [5.74, 6) is 1.77. The summed E-state index contributed by atoms with van der Waals surface area (Å²) in [7, 11) is 1.66. The maximum Gasteiger partial charge on any atom is 0.123 e. The van der Waals surface area contributed by atoms with E-state index in [9.17, 15) is 0 Å². The minimum absolute atomic E-state index is 0.117. The fraction of sp³-hybridized carbons (Fsp3) is 0.133. The highest BCUT2D eigenvalue weighted by molar-refractivity contribution is 7.98. The maximum absolute atomic E-state index is 7.56. The number of hydrogen-bond acceptors (Lipinski definition) is 3.